The SMILES string of the molecule is Cc1c(C)c2c(c(C)c1OCc1ccccc1)CCC(C)(COc1ccc([N+](=O)[O-])cc1)O2. The number of rotatable bonds is 7. The van der Waals surface area contributed by atoms with Crippen LogP contribution in [0.25, 0.3) is 0 Å². The third-order valence-electron chi connectivity index (χ3n) is 6.38. The average molecular weight is 448 g/mol. The second-order valence-electron chi connectivity index (χ2n) is 8.88. The van der Waals surface area contributed by atoms with Crippen LogP contribution in [0.5, 0.6) is 17.2 Å². The molecule has 0 aliphatic carbocycles. The molecule has 0 radical (unpaired) electrons. The third kappa shape index (κ3) is 4.80. The first-order valence-corrected chi connectivity index (χ1v) is 11.1. The minimum Gasteiger partial charge on any atom is -0.489 e. The maximum absolute atomic E-state index is 10.8. The number of ether oxygens (including phenoxy) is 3. The van der Waals surface area contributed by atoms with E-state index in [9.17, 15) is 10.1 Å². The Bertz CT molecular complexity index is 1160. The first-order valence-electron chi connectivity index (χ1n) is 11.1. The quantitative estimate of drug-likeness (QED) is 0.316. The van der Waals surface area contributed by atoms with Crippen molar-refractivity contribution < 1.29 is 19.1 Å². The summed E-state index contributed by atoms with van der Waals surface area (Å²) in [6.07, 6.45) is 1.67. The number of nitrogens with zero attached hydrogens (tertiary/aromatic N) is 1. The Hall–Kier alpha value is -3.54. The minimum absolute atomic E-state index is 0.0447. The van der Waals surface area contributed by atoms with Gasteiger partial charge in [-0.1, -0.05) is 30.3 Å². The van der Waals surface area contributed by atoms with Gasteiger partial charge in [0.25, 0.3) is 5.69 Å². The number of hydrogen-bond donors (Lipinski definition) is 0. The van der Waals surface area contributed by atoms with E-state index < -0.39 is 10.5 Å². The highest BCUT2D eigenvalue weighted by Crippen LogP contribution is 2.44. The van der Waals surface area contributed by atoms with Crippen molar-refractivity contribution in [3.8, 4) is 17.2 Å². The van der Waals surface area contributed by atoms with Gasteiger partial charge in [-0.15, -0.1) is 0 Å². The van der Waals surface area contributed by atoms with E-state index in [-0.39, 0.29) is 5.69 Å². The molecule has 0 spiro atoms. The van der Waals surface area contributed by atoms with Crippen molar-refractivity contribution in [1.29, 1.82) is 0 Å². The number of fused-ring (bicyclic) bond motifs is 1. The number of nitro groups is 1. The van der Waals surface area contributed by atoms with Crippen LogP contribution in [-0.2, 0) is 13.0 Å². The van der Waals surface area contributed by atoms with Crippen molar-refractivity contribution in [2.24, 2.45) is 0 Å². The lowest BCUT2D eigenvalue weighted by Gasteiger charge is -2.38. The van der Waals surface area contributed by atoms with E-state index in [0.29, 0.717) is 19.0 Å². The summed E-state index contributed by atoms with van der Waals surface area (Å²) >= 11 is 0. The molecule has 0 saturated carbocycles. The number of non-ortho nitro benzene ring substituents is 1. The molecule has 33 heavy (non-hydrogen) atoms. The van der Waals surface area contributed by atoms with Crippen molar-refractivity contribution in [3.63, 3.8) is 0 Å². The molecule has 0 aromatic heterocycles. The Morgan fingerprint density at radius 2 is 1.67 bits per heavy atom. The molecule has 4 rings (SSSR count). The fourth-order valence-corrected chi connectivity index (χ4v) is 4.23. The van der Waals surface area contributed by atoms with Crippen LogP contribution in [0.1, 0.15) is 41.2 Å². The zero-order valence-corrected chi connectivity index (χ0v) is 19.5. The highest BCUT2D eigenvalue weighted by atomic mass is 16.6. The van der Waals surface area contributed by atoms with Gasteiger partial charge in [0, 0.05) is 17.7 Å². The fraction of sp³-hybridized carbons (Fsp3) is 0.333. The summed E-state index contributed by atoms with van der Waals surface area (Å²) in [5, 5.41) is 10.8. The molecule has 1 unspecified atom stereocenters. The van der Waals surface area contributed by atoms with Gasteiger partial charge in [-0.3, -0.25) is 10.1 Å². The van der Waals surface area contributed by atoms with Crippen molar-refractivity contribution in [2.45, 2.75) is 52.7 Å². The lowest BCUT2D eigenvalue weighted by atomic mass is 9.87. The number of benzene rings is 3. The maximum atomic E-state index is 10.8. The smallest absolute Gasteiger partial charge is 0.269 e. The molecule has 172 valence electrons. The molecule has 0 bridgehead atoms. The Balaban J connectivity index is 1.50. The molecular weight excluding hydrogens is 418 g/mol. The van der Waals surface area contributed by atoms with Crippen molar-refractivity contribution >= 4 is 5.69 Å². The zero-order valence-electron chi connectivity index (χ0n) is 19.5. The zero-order chi connectivity index (χ0) is 23.6. The van der Waals surface area contributed by atoms with Gasteiger partial charge >= 0.3 is 0 Å². The predicted octanol–water partition coefficient (Wildman–Crippen LogP) is 6.26. The second-order valence-corrected chi connectivity index (χ2v) is 8.88. The summed E-state index contributed by atoms with van der Waals surface area (Å²) in [7, 11) is 0. The predicted molar refractivity (Wildman–Crippen MR) is 127 cm³/mol. The van der Waals surface area contributed by atoms with Crippen LogP contribution >= 0.6 is 0 Å². The number of hydrogen-bond acceptors (Lipinski definition) is 5. The average Bonchev–Trinajstić information content (AvgIpc) is 2.82. The lowest BCUT2D eigenvalue weighted by Crippen LogP contribution is -2.42. The van der Waals surface area contributed by atoms with E-state index in [1.807, 2.05) is 25.1 Å². The van der Waals surface area contributed by atoms with Crippen LogP contribution < -0.4 is 14.2 Å². The first kappa shape index (κ1) is 22.6. The maximum Gasteiger partial charge on any atom is 0.269 e. The van der Waals surface area contributed by atoms with Gasteiger partial charge in [-0.25, -0.2) is 0 Å². The van der Waals surface area contributed by atoms with Gasteiger partial charge in [0.15, 0.2) is 0 Å². The topological polar surface area (TPSA) is 70.8 Å². The van der Waals surface area contributed by atoms with Crippen molar-refractivity contribution in [2.75, 3.05) is 6.61 Å². The molecule has 3 aromatic carbocycles. The van der Waals surface area contributed by atoms with E-state index in [0.717, 1.165) is 46.6 Å². The Kier molecular flexibility index (Phi) is 6.27. The molecular formula is C27H29NO5. The highest BCUT2D eigenvalue weighted by Gasteiger charge is 2.35. The molecule has 0 amide bonds. The Labute approximate surface area is 194 Å². The lowest BCUT2D eigenvalue weighted by molar-refractivity contribution is -0.384. The number of nitro benzene ring substituents is 1. The van der Waals surface area contributed by atoms with Gasteiger partial charge in [0.2, 0.25) is 0 Å². The summed E-state index contributed by atoms with van der Waals surface area (Å²) in [5.74, 6) is 2.44. The highest BCUT2D eigenvalue weighted by molar-refractivity contribution is 5.59. The molecule has 6 nitrogen and oxygen atoms in total. The molecule has 0 fully saturated rings. The van der Waals surface area contributed by atoms with E-state index in [1.54, 1.807) is 12.1 Å². The third-order valence-corrected chi connectivity index (χ3v) is 6.38. The summed E-state index contributed by atoms with van der Waals surface area (Å²) in [6, 6.07) is 16.3. The van der Waals surface area contributed by atoms with Crippen LogP contribution in [0.3, 0.4) is 0 Å². The molecule has 3 aromatic rings. The summed E-state index contributed by atoms with van der Waals surface area (Å²) in [5.41, 5.74) is 5.17. The molecule has 1 aliphatic rings. The molecule has 0 saturated heterocycles. The molecule has 1 aliphatic heterocycles. The van der Waals surface area contributed by atoms with Gasteiger partial charge in [0.1, 0.15) is 36.1 Å². The van der Waals surface area contributed by atoms with Crippen LogP contribution in [0, 0.1) is 30.9 Å². The molecule has 1 atom stereocenters. The Morgan fingerprint density at radius 3 is 2.33 bits per heavy atom. The summed E-state index contributed by atoms with van der Waals surface area (Å²) < 4.78 is 18.7. The summed E-state index contributed by atoms with van der Waals surface area (Å²) in [4.78, 5) is 10.4. The van der Waals surface area contributed by atoms with Gasteiger partial charge < -0.3 is 14.2 Å². The van der Waals surface area contributed by atoms with Crippen molar-refractivity contribution in [3.05, 3.63) is 92.5 Å². The van der Waals surface area contributed by atoms with Gasteiger partial charge in [0.05, 0.1) is 4.92 Å². The monoisotopic (exact) mass is 447 g/mol. The second kappa shape index (κ2) is 9.14. The van der Waals surface area contributed by atoms with E-state index >= 15 is 0 Å². The standard InChI is InChI=1S/C27H29NO5/c1-18-19(2)26-24(20(3)25(18)31-16-21-8-6-5-7-9-21)14-15-27(4,33-26)17-32-23-12-10-22(11-13-23)28(29)30/h5-13H,14-17H2,1-4H3. The van der Waals surface area contributed by atoms with Crippen LogP contribution in [-0.4, -0.2) is 17.1 Å². The van der Waals surface area contributed by atoms with Gasteiger partial charge in [-0.2, -0.15) is 0 Å². The van der Waals surface area contributed by atoms with E-state index in [2.05, 4.69) is 32.9 Å². The normalized spacial score (nSPS) is 17.1. The fourth-order valence-electron chi connectivity index (χ4n) is 4.23. The first-order chi connectivity index (χ1) is 15.8. The largest absolute Gasteiger partial charge is 0.489 e. The molecule has 1 heterocycles. The molecule has 6 heteroatoms. The Morgan fingerprint density at radius 1 is 0.970 bits per heavy atom. The van der Waals surface area contributed by atoms with E-state index in [4.69, 9.17) is 14.2 Å². The van der Waals surface area contributed by atoms with Crippen molar-refractivity contribution in [1.82, 2.24) is 0 Å². The summed E-state index contributed by atoms with van der Waals surface area (Å²) in [6.45, 7) is 9.18. The van der Waals surface area contributed by atoms with E-state index in [1.165, 1.54) is 17.7 Å². The van der Waals surface area contributed by atoms with Crippen LogP contribution in [0.15, 0.2) is 54.6 Å². The van der Waals surface area contributed by atoms with Crippen LogP contribution in [0.4, 0.5) is 5.69 Å². The van der Waals surface area contributed by atoms with Gasteiger partial charge in [-0.05, 0) is 74.9 Å². The van der Waals surface area contributed by atoms with Crippen LogP contribution in [0.2, 0.25) is 0 Å². The molecule has 0 N–H and O–H groups in total. The minimum atomic E-state index is -0.495.